The van der Waals surface area contributed by atoms with E-state index in [0.717, 1.165) is 38.2 Å². The second-order valence-corrected chi connectivity index (χ2v) is 6.61. The summed E-state index contributed by atoms with van der Waals surface area (Å²) in [7, 11) is 0. The summed E-state index contributed by atoms with van der Waals surface area (Å²) in [6, 6.07) is 6.00. The van der Waals surface area contributed by atoms with Crippen molar-refractivity contribution < 1.29 is 13.2 Å². The molecule has 0 unspecified atom stereocenters. The van der Waals surface area contributed by atoms with Crippen LogP contribution in [-0.2, 0) is 12.7 Å². The highest BCUT2D eigenvalue weighted by atomic mass is 35.5. The number of likely N-dealkylation sites (tertiary alicyclic amines) is 2. The molecule has 10 heteroatoms. The maximum atomic E-state index is 12.7. The highest BCUT2D eigenvalue weighted by Crippen LogP contribution is 2.32. The summed E-state index contributed by atoms with van der Waals surface area (Å²) in [6.07, 6.45) is -3.18. The molecular weight excluding hydrogens is 369 g/mol. The van der Waals surface area contributed by atoms with Gasteiger partial charge >= 0.3 is 6.18 Å². The summed E-state index contributed by atoms with van der Waals surface area (Å²) in [5, 5.41) is 11.7. The number of fused-ring (bicyclic) bond motifs is 2. The van der Waals surface area contributed by atoms with Gasteiger partial charge in [0, 0.05) is 25.2 Å². The van der Waals surface area contributed by atoms with E-state index in [1.54, 1.807) is 0 Å². The second-order valence-electron chi connectivity index (χ2n) is 6.61. The third-order valence-electron chi connectivity index (χ3n) is 5.19. The zero-order valence-corrected chi connectivity index (χ0v) is 15.0. The molecule has 4 rings (SSSR count). The van der Waals surface area contributed by atoms with Gasteiger partial charge in [0.05, 0.1) is 17.8 Å². The molecular formula is C16H20ClF3N6. The minimum absolute atomic E-state index is 0. The van der Waals surface area contributed by atoms with Gasteiger partial charge in [-0.3, -0.25) is 9.80 Å². The molecule has 2 saturated heterocycles. The molecule has 0 radical (unpaired) electrons. The van der Waals surface area contributed by atoms with Gasteiger partial charge in [0.2, 0.25) is 0 Å². The Morgan fingerprint density at radius 3 is 2.31 bits per heavy atom. The number of rotatable bonds is 4. The number of tetrazole rings is 1. The van der Waals surface area contributed by atoms with E-state index in [4.69, 9.17) is 0 Å². The Balaban J connectivity index is 0.00000196. The number of piperazine rings is 1. The van der Waals surface area contributed by atoms with Crippen LogP contribution in [0.2, 0.25) is 0 Å². The number of hydrogen-bond donors (Lipinski definition) is 0. The van der Waals surface area contributed by atoms with Crippen LogP contribution in [0.15, 0.2) is 24.3 Å². The van der Waals surface area contributed by atoms with Crippen LogP contribution in [0.5, 0.6) is 0 Å². The quantitative estimate of drug-likeness (QED) is 0.805. The largest absolute Gasteiger partial charge is 0.416 e. The molecule has 0 spiro atoms. The molecule has 0 saturated carbocycles. The predicted octanol–water partition coefficient (Wildman–Crippen LogP) is 2.38. The molecule has 0 N–H and O–H groups in total. The van der Waals surface area contributed by atoms with Crippen molar-refractivity contribution in [2.75, 3.05) is 19.6 Å². The van der Waals surface area contributed by atoms with Crippen molar-refractivity contribution in [1.29, 1.82) is 0 Å². The van der Waals surface area contributed by atoms with Crippen LogP contribution in [-0.4, -0.2) is 61.7 Å². The fourth-order valence-electron chi connectivity index (χ4n) is 3.89. The van der Waals surface area contributed by atoms with E-state index in [-0.39, 0.29) is 12.4 Å². The van der Waals surface area contributed by atoms with Gasteiger partial charge in [0.1, 0.15) is 0 Å². The summed E-state index contributed by atoms with van der Waals surface area (Å²) in [6.45, 7) is 5.89. The number of nitrogens with zero attached hydrogens (tertiary/aromatic N) is 6. The van der Waals surface area contributed by atoms with Crippen LogP contribution in [0, 0.1) is 0 Å². The van der Waals surface area contributed by atoms with Crippen LogP contribution in [0.1, 0.15) is 24.7 Å². The molecule has 1 aromatic carbocycles. The highest BCUT2D eigenvalue weighted by molar-refractivity contribution is 5.85. The normalized spacial score (nSPS) is 23.4. The van der Waals surface area contributed by atoms with Crippen molar-refractivity contribution in [3.63, 3.8) is 0 Å². The summed E-state index contributed by atoms with van der Waals surface area (Å²) in [4.78, 5) is 4.85. The van der Waals surface area contributed by atoms with Crippen molar-refractivity contribution in [3.05, 3.63) is 35.7 Å². The molecule has 2 aliphatic rings. The van der Waals surface area contributed by atoms with Gasteiger partial charge in [-0.05, 0) is 47.7 Å². The molecule has 1 aromatic heterocycles. The first-order chi connectivity index (χ1) is 12.0. The Morgan fingerprint density at radius 1 is 1.08 bits per heavy atom. The van der Waals surface area contributed by atoms with E-state index in [9.17, 15) is 13.2 Å². The van der Waals surface area contributed by atoms with E-state index in [0.29, 0.717) is 30.1 Å². The third-order valence-corrected chi connectivity index (χ3v) is 5.19. The van der Waals surface area contributed by atoms with Gasteiger partial charge in [0.25, 0.3) is 0 Å². The van der Waals surface area contributed by atoms with E-state index < -0.39 is 11.7 Å². The van der Waals surface area contributed by atoms with Gasteiger partial charge in [0.15, 0.2) is 5.82 Å². The van der Waals surface area contributed by atoms with Crippen molar-refractivity contribution in [2.45, 2.75) is 38.1 Å². The first kappa shape index (κ1) is 19.1. The summed E-state index contributed by atoms with van der Waals surface area (Å²) in [5.41, 5.74) is -0.144. The van der Waals surface area contributed by atoms with Gasteiger partial charge in [-0.2, -0.15) is 17.9 Å². The number of hydrogen-bond acceptors (Lipinski definition) is 5. The minimum Gasteiger partial charge on any atom is -0.298 e. The van der Waals surface area contributed by atoms with Gasteiger partial charge < -0.3 is 0 Å². The number of halogens is 4. The Hall–Kier alpha value is -1.71. The lowest BCUT2D eigenvalue weighted by molar-refractivity contribution is -0.137. The van der Waals surface area contributed by atoms with Crippen LogP contribution in [0.4, 0.5) is 13.2 Å². The van der Waals surface area contributed by atoms with E-state index in [2.05, 4.69) is 32.2 Å². The average molecular weight is 389 g/mol. The predicted molar refractivity (Wildman–Crippen MR) is 91.3 cm³/mol. The third kappa shape index (κ3) is 3.43. The molecule has 2 atom stereocenters. The fraction of sp³-hybridized carbons (Fsp3) is 0.562. The number of benzene rings is 1. The summed E-state index contributed by atoms with van der Waals surface area (Å²) < 4.78 is 39.6. The van der Waals surface area contributed by atoms with Gasteiger partial charge in [-0.25, -0.2) is 0 Å². The Kier molecular flexibility index (Phi) is 5.23. The van der Waals surface area contributed by atoms with Crippen molar-refractivity contribution in [1.82, 2.24) is 30.0 Å². The standard InChI is InChI=1S/C16H19F3N6.ClH/c1-2-23-8-14-7-13(23)9-24(14)10-15-20-21-22-25(15)12-5-3-11(4-6-12)16(17,18)19;/h3-6,13-14H,2,7-10H2,1H3;1H/t13-,14-;/m0./s1. The topological polar surface area (TPSA) is 50.1 Å². The lowest BCUT2D eigenvalue weighted by atomic mass is 10.2. The molecule has 2 fully saturated rings. The molecule has 26 heavy (non-hydrogen) atoms. The Labute approximate surface area is 155 Å². The molecule has 0 aliphatic carbocycles. The van der Waals surface area contributed by atoms with E-state index >= 15 is 0 Å². The first-order valence-electron chi connectivity index (χ1n) is 8.38. The van der Waals surface area contributed by atoms with E-state index in [1.807, 2.05) is 0 Å². The lowest BCUT2D eigenvalue weighted by Gasteiger charge is -2.33. The number of alkyl halides is 3. The van der Waals surface area contributed by atoms with Crippen LogP contribution < -0.4 is 0 Å². The Bertz CT molecular complexity index is 747. The molecule has 6 nitrogen and oxygen atoms in total. The maximum absolute atomic E-state index is 12.7. The SMILES string of the molecule is CCN1C[C@@H]2C[C@H]1CN2Cc1nnnn1-c1ccc(C(F)(F)F)cc1.Cl. The molecule has 2 bridgehead atoms. The maximum Gasteiger partial charge on any atom is 0.416 e. The second kappa shape index (κ2) is 7.13. The first-order valence-corrected chi connectivity index (χ1v) is 8.38. The fourth-order valence-corrected chi connectivity index (χ4v) is 3.89. The number of aromatic nitrogens is 4. The molecule has 0 amide bonds. The Morgan fingerprint density at radius 2 is 1.73 bits per heavy atom. The van der Waals surface area contributed by atoms with Crippen molar-refractivity contribution in [3.8, 4) is 5.69 Å². The summed E-state index contributed by atoms with van der Waals surface area (Å²) in [5.74, 6) is 0.648. The number of likely N-dealkylation sites (N-methyl/N-ethyl adjacent to an activating group) is 1. The van der Waals surface area contributed by atoms with Gasteiger partial charge in [-0.15, -0.1) is 17.5 Å². The average Bonchev–Trinajstić information content (AvgIpc) is 3.29. The van der Waals surface area contributed by atoms with Crippen LogP contribution >= 0.6 is 12.4 Å². The monoisotopic (exact) mass is 388 g/mol. The van der Waals surface area contributed by atoms with Crippen molar-refractivity contribution >= 4 is 12.4 Å². The van der Waals surface area contributed by atoms with Crippen molar-refractivity contribution in [2.24, 2.45) is 0 Å². The molecule has 142 valence electrons. The molecule has 3 heterocycles. The minimum atomic E-state index is -4.35. The van der Waals surface area contributed by atoms with Crippen LogP contribution in [0.25, 0.3) is 5.69 Å². The highest BCUT2D eigenvalue weighted by Gasteiger charge is 2.42. The zero-order chi connectivity index (χ0) is 17.6. The van der Waals surface area contributed by atoms with Gasteiger partial charge in [-0.1, -0.05) is 6.92 Å². The smallest absolute Gasteiger partial charge is 0.298 e. The molecule has 2 aromatic rings. The van der Waals surface area contributed by atoms with Crippen LogP contribution in [0.3, 0.4) is 0 Å². The zero-order valence-electron chi connectivity index (χ0n) is 14.2. The van der Waals surface area contributed by atoms with E-state index in [1.165, 1.54) is 16.8 Å². The summed E-state index contributed by atoms with van der Waals surface area (Å²) >= 11 is 0. The lowest BCUT2D eigenvalue weighted by Crippen LogP contribution is -2.45. The molecule has 2 aliphatic heterocycles.